The van der Waals surface area contributed by atoms with E-state index in [1.807, 2.05) is 0 Å². The average molecular weight is 373 g/mol. The summed E-state index contributed by atoms with van der Waals surface area (Å²) in [6, 6.07) is 4.83. The second-order valence-corrected chi connectivity index (χ2v) is 9.93. The summed E-state index contributed by atoms with van der Waals surface area (Å²) >= 11 is 0. The lowest BCUT2D eigenvalue weighted by molar-refractivity contribution is -0.135. The highest BCUT2D eigenvalue weighted by Crippen LogP contribution is 2.43. The van der Waals surface area contributed by atoms with Crippen LogP contribution in [0.4, 0.5) is 0 Å². The first kappa shape index (κ1) is 22.0. The molecule has 1 aliphatic carbocycles. The molecule has 1 aromatic carbocycles. The third-order valence-corrected chi connectivity index (χ3v) is 6.10. The number of ether oxygens (including phenoxy) is 1. The van der Waals surface area contributed by atoms with Crippen LogP contribution in [0.1, 0.15) is 101 Å². The van der Waals surface area contributed by atoms with Gasteiger partial charge in [-0.05, 0) is 99.3 Å². The van der Waals surface area contributed by atoms with Gasteiger partial charge in [0.05, 0.1) is 0 Å². The predicted molar refractivity (Wildman–Crippen MR) is 114 cm³/mol. The van der Waals surface area contributed by atoms with Gasteiger partial charge in [0.25, 0.3) is 6.47 Å². The van der Waals surface area contributed by atoms with Gasteiger partial charge in [0, 0.05) is 0 Å². The molecule has 0 amide bonds. The Balaban J connectivity index is 1.77. The van der Waals surface area contributed by atoms with E-state index in [1.54, 1.807) is 0 Å². The Morgan fingerprint density at radius 2 is 1.52 bits per heavy atom. The molecule has 0 unspecified atom stereocenters. The van der Waals surface area contributed by atoms with Crippen LogP contribution in [0.3, 0.4) is 0 Å². The maximum Gasteiger partial charge on any atom is 0.293 e. The summed E-state index contributed by atoms with van der Waals surface area (Å²) in [5, 5.41) is 0. The topological polar surface area (TPSA) is 26.3 Å². The lowest BCUT2D eigenvalue weighted by atomic mass is 9.88. The number of carbonyl (C=O) groups excluding carboxylic acids is 1. The number of unbranched alkanes of at least 4 members (excludes halogenated alkanes) is 3. The highest BCUT2D eigenvalue weighted by atomic mass is 16.5. The summed E-state index contributed by atoms with van der Waals surface area (Å²) < 4.78 is 5.26. The van der Waals surface area contributed by atoms with E-state index in [1.165, 1.54) is 60.8 Å². The van der Waals surface area contributed by atoms with Crippen LogP contribution in [0.25, 0.3) is 0 Å². The van der Waals surface area contributed by atoms with Gasteiger partial charge in [-0.15, -0.1) is 0 Å². The zero-order valence-electron chi connectivity index (χ0n) is 18.3. The van der Waals surface area contributed by atoms with Gasteiger partial charge in [-0.25, -0.2) is 0 Å². The molecular formula is C25H40O2. The molecule has 1 aliphatic rings. The molecule has 2 nitrogen and oxygen atoms in total. The number of hydrogen-bond acceptors (Lipinski definition) is 2. The first-order valence-corrected chi connectivity index (χ1v) is 11.0. The minimum Gasteiger partial charge on any atom is -0.461 e. The summed E-state index contributed by atoms with van der Waals surface area (Å²) in [4.78, 5) is 10.6. The van der Waals surface area contributed by atoms with Gasteiger partial charge in [-0.3, -0.25) is 4.79 Å². The van der Waals surface area contributed by atoms with Gasteiger partial charge in [0.1, 0.15) is 5.60 Å². The Morgan fingerprint density at radius 3 is 2.04 bits per heavy atom. The van der Waals surface area contributed by atoms with Crippen molar-refractivity contribution in [2.75, 3.05) is 0 Å². The molecule has 2 heteroatoms. The highest BCUT2D eigenvalue weighted by Gasteiger charge is 2.44. The maximum absolute atomic E-state index is 10.6. The second kappa shape index (κ2) is 9.75. The van der Waals surface area contributed by atoms with Crippen LogP contribution in [-0.4, -0.2) is 12.1 Å². The predicted octanol–water partition coefficient (Wildman–Crippen LogP) is 6.87. The molecule has 0 aliphatic heterocycles. The number of benzene rings is 1. The molecule has 0 N–H and O–H groups in total. The van der Waals surface area contributed by atoms with E-state index in [4.69, 9.17) is 4.74 Å². The van der Waals surface area contributed by atoms with Crippen molar-refractivity contribution in [2.45, 2.75) is 111 Å². The zero-order valence-corrected chi connectivity index (χ0v) is 18.3. The van der Waals surface area contributed by atoms with Crippen molar-refractivity contribution in [1.29, 1.82) is 0 Å². The first-order valence-electron chi connectivity index (χ1n) is 11.0. The molecule has 1 aromatic rings. The van der Waals surface area contributed by atoms with Crippen LogP contribution in [0.2, 0.25) is 0 Å². The molecule has 0 heterocycles. The molecule has 27 heavy (non-hydrogen) atoms. The Kier molecular flexibility index (Phi) is 7.94. The van der Waals surface area contributed by atoms with Crippen LogP contribution < -0.4 is 0 Å². The van der Waals surface area contributed by atoms with Crippen molar-refractivity contribution in [3.8, 4) is 0 Å². The third-order valence-electron chi connectivity index (χ3n) is 6.10. The number of hydrogen-bond donors (Lipinski definition) is 0. The largest absolute Gasteiger partial charge is 0.461 e. The molecule has 1 saturated carbocycles. The smallest absolute Gasteiger partial charge is 0.293 e. The van der Waals surface area contributed by atoms with Crippen LogP contribution in [0.15, 0.2) is 12.1 Å². The van der Waals surface area contributed by atoms with Crippen LogP contribution in [0, 0.1) is 19.3 Å². The summed E-state index contributed by atoms with van der Waals surface area (Å²) in [6.07, 6.45) is 13.1. The highest BCUT2D eigenvalue weighted by molar-refractivity contribution is 5.39. The fraction of sp³-hybridized carbons (Fsp3) is 0.720. The molecule has 1 fully saturated rings. The van der Waals surface area contributed by atoms with Gasteiger partial charge in [-0.2, -0.15) is 0 Å². The number of rotatable bonds is 12. The minimum atomic E-state index is -0.0950. The van der Waals surface area contributed by atoms with Crippen molar-refractivity contribution in [2.24, 2.45) is 5.41 Å². The van der Waals surface area contributed by atoms with E-state index in [0.717, 1.165) is 32.1 Å². The quantitative estimate of drug-likeness (QED) is 0.295. The molecule has 152 valence electrons. The molecule has 0 atom stereocenters. The standard InChI is InChI=1S/C25H40O2/c1-20-17-21(2)23(12-8-10-14-25(15-16-25)27-19-26)18-22(20)11-7-6-9-13-24(3,4)5/h17-19H,6-16H2,1-5H3. The molecule has 0 spiro atoms. The first-order chi connectivity index (χ1) is 12.7. The van der Waals surface area contributed by atoms with E-state index < -0.39 is 0 Å². The molecule has 0 radical (unpaired) electrons. The fourth-order valence-corrected chi connectivity index (χ4v) is 4.07. The Bertz CT molecular complexity index is 605. The summed E-state index contributed by atoms with van der Waals surface area (Å²) in [5.41, 5.74) is 6.28. The van der Waals surface area contributed by atoms with Gasteiger partial charge in [0.15, 0.2) is 0 Å². The average Bonchev–Trinajstić information content (AvgIpc) is 3.33. The van der Waals surface area contributed by atoms with E-state index in [2.05, 4.69) is 46.8 Å². The minimum absolute atomic E-state index is 0.0950. The van der Waals surface area contributed by atoms with Crippen molar-refractivity contribution in [1.82, 2.24) is 0 Å². The Hall–Kier alpha value is -1.31. The molecule has 0 bridgehead atoms. The SMILES string of the molecule is Cc1cc(C)c(CCCCC2(OC=O)CC2)cc1CCCCCC(C)(C)C. The number of carbonyl (C=O) groups is 1. The molecule has 0 aromatic heterocycles. The van der Waals surface area contributed by atoms with Gasteiger partial charge >= 0.3 is 0 Å². The number of aryl methyl sites for hydroxylation is 4. The second-order valence-electron chi connectivity index (χ2n) is 9.93. The summed E-state index contributed by atoms with van der Waals surface area (Å²) in [5.74, 6) is 0. The van der Waals surface area contributed by atoms with Gasteiger partial charge in [0.2, 0.25) is 0 Å². The van der Waals surface area contributed by atoms with Crippen molar-refractivity contribution in [3.63, 3.8) is 0 Å². The van der Waals surface area contributed by atoms with Crippen LogP contribution in [0.5, 0.6) is 0 Å². The molecule has 0 saturated heterocycles. The van der Waals surface area contributed by atoms with Crippen molar-refractivity contribution >= 4 is 6.47 Å². The van der Waals surface area contributed by atoms with Crippen LogP contribution in [-0.2, 0) is 22.4 Å². The summed E-state index contributed by atoms with van der Waals surface area (Å²) in [7, 11) is 0. The Morgan fingerprint density at radius 1 is 0.926 bits per heavy atom. The monoisotopic (exact) mass is 372 g/mol. The van der Waals surface area contributed by atoms with E-state index in [-0.39, 0.29) is 5.60 Å². The van der Waals surface area contributed by atoms with E-state index in [0.29, 0.717) is 11.9 Å². The normalized spacial score (nSPS) is 15.6. The van der Waals surface area contributed by atoms with Gasteiger partial charge < -0.3 is 4.74 Å². The van der Waals surface area contributed by atoms with Crippen molar-refractivity contribution < 1.29 is 9.53 Å². The third kappa shape index (κ3) is 7.68. The van der Waals surface area contributed by atoms with E-state index >= 15 is 0 Å². The molecule has 2 rings (SSSR count). The van der Waals surface area contributed by atoms with Crippen LogP contribution >= 0.6 is 0 Å². The lowest BCUT2D eigenvalue weighted by Crippen LogP contribution is -2.12. The Labute approximate surface area is 167 Å². The summed E-state index contributed by atoms with van der Waals surface area (Å²) in [6.45, 7) is 12.1. The van der Waals surface area contributed by atoms with Crippen molar-refractivity contribution in [3.05, 3.63) is 34.4 Å². The van der Waals surface area contributed by atoms with Gasteiger partial charge in [-0.1, -0.05) is 45.7 Å². The van der Waals surface area contributed by atoms with E-state index in [9.17, 15) is 4.79 Å². The maximum atomic E-state index is 10.6. The zero-order chi connectivity index (χ0) is 19.9. The molecular weight excluding hydrogens is 332 g/mol. The fourth-order valence-electron chi connectivity index (χ4n) is 4.07. The lowest BCUT2D eigenvalue weighted by Gasteiger charge is -2.17.